The number of aliphatic hydroxyl groups is 1. The van der Waals surface area contributed by atoms with E-state index in [0.717, 1.165) is 50.7 Å². The Labute approximate surface area is 220 Å². The van der Waals surface area contributed by atoms with Gasteiger partial charge in [-0.15, -0.1) is 0 Å². The summed E-state index contributed by atoms with van der Waals surface area (Å²) < 4.78 is 0. The van der Waals surface area contributed by atoms with E-state index in [1.807, 2.05) is 6.92 Å². The van der Waals surface area contributed by atoms with Gasteiger partial charge in [-0.2, -0.15) is 0 Å². The molecular formula is C29H44N2O6. The average Bonchev–Trinajstić information content (AvgIpc) is 3.14. The Kier molecular flexibility index (Phi) is 7.63. The molecule has 8 nitrogen and oxygen atoms in total. The lowest BCUT2D eigenvalue weighted by Crippen LogP contribution is -2.57. The molecule has 206 valence electrons. The number of nitrogens with zero attached hydrogens (tertiary/aromatic N) is 1. The predicted octanol–water partition coefficient (Wildman–Crippen LogP) is 4.26. The summed E-state index contributed by atoms with van der Waals surface area (Å²) in [6, 6.07) is -0.940. The van der Waals surface area contributed by atoms with Gasteiger partial charge in [-0.3, -0.25) is 9.59 Å². The third kappa shape index (κ3) is 4.64. The Balaban J connectivity index is 1.41. The van der Waals surface area contributed by atoms with Crippen LogP contribution in [0.3, 0.4) is 0 Å². The fraction of sp³-hybridized carbons (Fsp3) is 0.793. The molecule has 0 bridgehead atoms. The van der Waals surface area contributed by atoms with E-state index >= 15 is 0 Å². The number of allylic oxidation sites excluding steroid dienone is 2. The molecule has 3 N–H and O–H groups in total. The van der Waals surface area contributed by atoms with E-state index in [9.17, 15) is 24.6 Å². The fourth-order valence-corrected chi connectivity index (χ4v) is 8.31. The molecule has 0 radical (unpaired) electrons. The molecule has 0 spiro atoms. The van der Waals surface area contributed by atoms with E-state index < -0.39 is 23.5 Å². The number of hydrogen-bond donors (Lipinski definition) is 3. The molecule has 3 fully saturated rings. The van der Waals surface area contributed by atoms with Crippen LogP contribution in [0.4, 0.5) is 0 Å². The first-order chi connectivity index (χ1) is 17.4. The first-order valence-corrected chi connectivity index (χ1v) is 14.0. The first kappa shape index (κ1) is 27.8. The molecule has 4 aliphatic rings. The summed E-state index contributed by atoms with van der Waals surface area (Å²) in [5, 5.41) is 27.5. The van der Waals surface area contributed by atoms with Crippen molar-refractivity contribution in [2.24, 2.45) is 39.7 Å². The molecule has 0 aliphatic heterocycles. The van der Waals surface area contributed by atoms with Crippen molar-refractivity contribution in [1.29, 1.82) is 0 Å². The molecule has 4 rings (SSSR count). The number of carboxylic acids is 1. The minimum atomic E-state index is -1.19. The molecule has 0 unspecified atom stereocenters. The smallest absolute Gasteiger partial charge is 0.326 e. The second kappa shape index (κ2) is 10.2. The summed E-state index contributed by atoms with van der Waals surface area (Å²) in [6.45, 7) is 9.44. The molecule has 8 atom stereocenters. The second-order valence-electron chi connectivity index (χ2n) is 12.5. The van der Waals surface area contributed by atoms with Crippen molar-refractivity contribution >= 4 is 23.4 Å². The highest BCUT2D eigenvalue weighted by Gasteiger charge is 2.65. The van der Waals surface area contributed by atoms with Crippen molar-refractivity contribution in [2.75, 3.05) is 6.61 Å². The van der Waals surface area contributed by atoms with Crippen LogP contribution in [0.5, 0.6) is 0 Å². The van der Waals surface area contributed by atoms with Crippen LogP contribution < -0.4 is 5.32 Å². The van der Waals surface area contributed by atoms with Gasteiger partial charge in [-0.05, 0) is 93.5 Å². The van der Waals surface area contributed by atoms with Gasteiger partial charge in [-0.25, -0.2) is 4.79 Å². The van der Waals surface area contributed by atoms with Crippen LogP contribution in [-0.4, -0.2) is 51.8 Å². The van der Waals surface area contributed by atoms with Crippen LogP contribution >= 0.6 is 0 Å². The van der Waals surface area contributed by atoms with E-state index in [1.54, 1.807) is 13.8 Å². The van der Waals surface area contributed by atoms with Crippen LogP contribution in [0.1, 0.15) is 92.4 Å². The quantitative estimate of drug-likeness (QED) is 0.414. The van der Waals surface area contributed by atoms with Crippen molar-refractivity contribution in [3.63, 3.8) is 0 Å². The first-order valence-electron chi connectivity index (χ1n) is 14.0. The number of fused-ring (bicyclic) bond motifs is 5. The lowest BCUT2D eigenvalue weighted by atomic mass is 9.46. The number of carboxylic acid groups (broad SMARTS) is 1. The molecule has 1 amide bonds. The molecule has 0 aromatic rings. The average molecular weight is 517 g/mol. The van der Waals surface area contributed by atoms with Gasteiger partial charge in [0.25, 0.3) is 5.91 Å². The maximum atomic E-state index is 12.4. The van der Waals surface area contributed by atoms with Gasteiger partial charge in [0, 0.05) is 5.41 Å². The second-order valence-corrected chi connectivity index (χ2v) is 12.5. The van der Waals surface area contributed by atoms with Gasteiger partial charge in [0.05, 0.1) is 5.71 Å². The van der Waals surface area contributed by atoms with Crippen LogP contribution in [0.15, 0.2) is 16.8 Å². The Morgan fingerprint density at radius 2 is 1.84 bits per heavy atom. The normalized spacial score (nSPS) is 39.5. The van der Waals surface area contributed by atoms with Crippen LogP contribution in [0, 0.1) is 34.5 Å². The zero-order valence-electron chi connectivity index (χ0n) is 23.0. The van der Waals surface area contributed by atoms with E-state index in [-0.39, 0.29) is 29.1 Å². The summed E-state index contributed by atoms with van der Waals surface area (Å²) in [5.74, 6) is -0.376. The number of carbonyl (C=O) groups excluding carboxylic acids is 2. The third-order valence-corrected chi connectivity index (χ3v) is 10.9. The molecule has 0 saturated heterocycles. The molecule has 4 aliphatic carbocycles. The van der Waals surface area contributed by atoms with E-state index in [4.69, 9.17) is 4.84 Å². The third-order valence-electron chi connectivity index (χ3n) is 10.9. The van der Waals surface area contributed by atoms with E-state index in [0.29, 0.717) is 30.6 Å². The maximum Gasteiger partial charge on any atom is 0.326 e. The van der Waals surface area contributed by atoms with Crippen molar-refractivity contribution in [3.8, 4) is 0 Å². The lowest BCUT2D eigenvalue weighted by molar-refractivity contribution is -0.159. The highest BCUT2D eigenvalue weighted by Crippen LogP contribution is 2.67. The SMILES string of the molecule is CC[C@@H](C)[C@H](NC(=O)CON=C1C=C2CC[C@@H]3[C@H](CC[C@@]4(C)[C@H]3CC[C@]4(O)C(C)=O)[C@@]2(C)CC1)C(=O)O. The van der Waals surface area contributed by atoms with Crippen molar-refractivity contribution in [1.82, 2.24) is 5.32 Å². The molecule has 0 heterocycles. The number of carbonyl (C=O) groups is 3. The van der Waals surface area contributed by atoms with Gasteiger partial charge in [-0.1, -0.05) is 44.8 Å². The number of nitrogens with one attached hydrogen (secondary N) is 1. The number of Topliss-reactive ketones (excluding diaryl/α,β-unsaturated/α-hetero) is 1. The lowest BCUT2D eigenvalue weighted by Gasteiger charge is -2.59. The Morgan fingerprint density at radius 1 is 1.14 bits per heavy atom. The summed E-state index contributed by atoms with van der Waals surface area (Å²) in [6.07, 6.45) is 9.94. The summed E-state index contributed by atoms with van der Waals surface area (Å²) in [7, 11) is 0. The number of amides is 1. The van der Waals surface area contributed by atoms with E-state index in [2.05, 4.69) is 30.4 Å². The van der Waals surface area contributed by atoms with Crippen LogP contribution in [0.25, 0.3) is 0 Å². The fourth-order valence-electron chi connectivity index (χ4n) is 8.31. The number of ketones is 1. The molecule has 0 aromatic carbocycles. The molecular weight excluding hydrogens is 472 g/mol. The molecule has 0 aromatic heterocycles. The van der Waals surface area contributed by atoms with Gasteiger partial charge >= 0.3 is 5.97 Å². The molecule has 8 heteroatoms. The Morgan fingerprint density at radius 3 is 2.49 bits per heavy atom. The van der Waals surface area contributed by atoms with E-state index in [1.165, 1.54) is 5.57 Å². The van der Waals surface area contributed by atoms with Crippen molar-refractivity contribution < 1.29 is 29.4 Å². The van der Waals surface area contributed by atoms with Crippen molar-refractivity contribution in [2.45, 2.75) is 104 Å². The zero-order valence-corrected chi connectivity index (χ0v) is 23.0. The van der Waals surface area contributed by atoms with Crippen molar-refractivity contribution in [3.05, 3.63) is 11.6 Å². The Hall–Kier alpha value is -2.22. The minimum Gasteiger partial charge on any atom is -0.480 e. The number of oxime groups is 1. The largest absolute Gasteiger partial charge is 0.480 e. The Bertz CT molecular complexity index is 1010. The van der Waals surface area contributed by atoms with Gasteiger partial charge in [0.2, 0.25) is 0 Å². The highest BCUT2D eigenvalue weighted by molar-refractivity contribution is 5.96. The van der Waals surface area contributed by atoms with Crippen LogP contribution in [0.2, 0.25) is 0 Å². The summed E-state index contributed by atoms with van der Waals surface area (Å²) >= 11 is 0. The zero-order chi connectivity index (χ0) is 27.2. The molecule has 3 saturated carbocycles. The molecule has 37 heavy (non-hydrogen) atoms. The maximum absolute atomic E-state index is 12.4. The monoisotopic (exact) mass is 516 g/mol. The van der Waals surface area contributed by atoms with Crippen LogP contribution in [-0.2, 0) is 19.2 Å². The van der Waals surface area contributed by atoms with Gasteiger partial charge < -0.3 is 20.4 Å². The summed E-state index contributed by atoms with van der Waals surface area (Å²) in [4.78, 5) is 41.5. The predicted molar refractivity (Wildman–Crippen MR) is 140 cm³/mol. The number of hydrogen-bond acceptors (Lipinski definition) is 6. The topological polar surface area (TPSA) is 125 Å². The van der Waals surface area contributed by atoms with Gasteiger partial charge in [0.1, 0.15) is 11.6 Å². The number of aliphatic carboxylic acids is 1. The van der Waals surface area contributed by atoms with Gasteiger partial charge in [0.15, 0.2) is 12.4 Å². The number of rotatable bonds is 8. The standard InChI is InChI=1S/C29H44N2O6/c1-6-17(2)25(26(34)35)30-24(33)16-37-31-20-9-12-27(4)19(15-20)7-8-21-22(27)10-13-28(5)23(21)11-14-29(28,36)18(3)32/h15,17,21-23,25,36H,6-14,16H2,1-5H3,(H,30,33)(H,34,35)/t17-,21-,22+,23+,25+,27+,28+,29+/m1/s1. The summed E-state index contributed by atoms with van der Waals surface area (Å²) in [5.41, 5.74) is 0.764. The highest BCUT2D eigenvalue weighted by atomic mass is 16.6. The minimum absolute atomic E-state index is 0.0720.